The van der Waals surface area contributed by atoms with E-state index in [0.717, 1.165) is 5.56 Å². The Labute approximate surface area is 130 Å². The zero-order chi connectivity index (χ0) is 15.8. The maximum atomic E-state index is 13.5. The zero-order valence-electron chi connectivity index (χ0n) is 12.6. The molecule has 0 aliphatic carbocycles. The number of rotatable bonds is 7. The van der Waals surface area contributed by atoms with Gasteiger partial charge in [0.25, 0.3) is 0 Å². The van der Waals surface area contributed by atoms with Gasteiger partial charge in [-0.1, -0.05) is 48.5 Å². The zero-order valence-corrected chi connectivity index (χ0v) is 12.6. The molecule has 0 aliphatic rings. The molecule has 1 atom stereocenters. The molecular weight excluding hydrogens is 281 g/mol. The van der Waals surface area contributed by atoms with Crippen molar-refractivity contribution in [1.82, 2.24) is 5.32 Å². The quantitative estimate of drug-likeness (QED) is 0.852. The Hall–Kier alpha value is -2.20. The van der Waals surface area contributed by atoms with Gasteiger partial charge in [0.15, 0.2) is 0 Å². The standard InChI is InChI=1S/C18H20FNO2/c1-2-22-17(14-8-4-3-5-9-14)13-20-18(21)12-15-10-6-7-11-16(15)19/h3-11,17H,2,12-13H2,1H3,(H,20,21)/t17-/m1/s1. The summed E-state index contributed by atoms with van der Waals surface area (Å²) in [6.07, 6.45) is -0.170. The van der Waals surface area contributed by atoms with Crippen LogP contribution in [0.1, 0.15) is 24.2 Å². The van der Waals surface area contributed by atoms with Gasteiger partial charge in [0.2, 0.25) is 5.91 Å². The summed E-state index contributed by atoms with van der Waals surface area (Å²) >= 11 is 0. The first-order chi connectivity index (χ1) is 10.7. The number of hydrogen-bond donors (Lipinski definition) is 1. The first-order valence-corrected chi connectivity index (χ1v) is 7.37. The molecule has 22 heavy (non-hydrogen) atoms. The number of carbonyl (C=O) groups excluding carboxylic acids is 1. The highest BCUT2D eigenvalue weighted by molar-refractivity contribution is 5.78. The van der Waals surface area contributed by atoms with Crippen molar-refractivity contribution in [2.75, 3.05) is 13.2 Å². The van der Waals surface area contributed by atoms with Gasteiger partial charge in [-0.15, -0.1) is 0 Å². The van der Waals surface area contributed by atoms with E-state index in [4.69, 9.17) is 4.74 Å². The Morgan fingerprint density at radius 3 is 2.50 bits per heavy atom. The van der Waals surface area contributed by atoms with Crippen molar-refractivity contribution in [3.8, 4) is 0 Å². The molecule has 0 aliphatic heterocycles. The van der Waals surface area contributed by atoms with Crippen molar-refractivity contribution in [2.45, 2.75) is 19.4 Å². The molecule has 116 valence electrons. The highest BCUT2D eigenvalue weighted by Gasteiger charge is 2.13. The minimum Gasteiger partial charge on any atom is -0.372 e. The molecule has 0 heterocycles. The van der Waals surface area contributed by atoms with Gasteiger partial charge < -0.3 is 10.1 Å². The largest absolute Gasteiger partial charge is 0.372 e. The lowest BCUT2D eigenvalue weighted by atomic mass is 10.1. The molecule has 0 bridgehead atoms. The Bertz CT molecular complexity index is 601. The van der Waals surface area contributed by atoms with Crippen LogP contribution >= 0.6 is 0 Å². The van der Waals surface area contributed by atoms with Crippen LogP contribution in [-0.4, -0.2) is 19.1 Å². The Morgan fingerprint density at radius 2 is 1.82 bits per heavy atom. The molecule has 2 aromatic rings. The van der Waals surface area contributed by atoms with Crippen LogP contribution in [0.5, 0.6) is 0 Å². The number of halogens is 1. The number of carbonyl (C=O) groups is 1. The van der Waals surface area contributed by atoms with Gasteiger partial charge in [-0.05, 0) is 24.1 Å². The number of amides is 1. The Morgan fingerprint density at radius 1 is 1.14 bits per heavy atom. The third-order valence-corrected chi connectivity index (χ3v) is 3.33. The predicted molar refractivity (Wildman–Crippen MR) is 83.9 cm³/mol. The first-order valence-electron chi connectivity index (χ1n) is 7.37. The monoisotopic (exact) mass is 301 g/mol. The third-order valence-electron chi connectivity index (χ3n) is 3.33. The fourth-order valence-corrected chi connectivity index (χ4v) is 2.23. The van der Waals surface area contributed by atoms with Gasteiger partial charge in [-0.2, -0.15) is 0 Å². The molecule has 0 saturated heterocycles. The summed E-state index contributed by atoms with van der Waals surface area (Å²) in [6, 6.07) is 16.0. The Balaban J connectivity index is 1.92. The molecule has 0 aromatic heterocycles. The smallest absolute Gasteiger partial charge is 0.224 e. The van der Waals surface area contributed by atoms with Crippen molar-refractivity contribution in [1.29, 1.82) is 0 Å². The lowest BCUT2D eigenvalue weighted by Gasteiger charge is -2.18. The fourth-order valence-electron chi connectivity index (χ4n) is 2.23. The average molecular weight is 301 g/mol. The van der Waals surface area contributed by atoms with Crippen LogP contribution in [0.25, 0.3) is 0 Å². The van der Waals surface area contributed by atoms with Crippen molar-refractivity contribution in [3.63, 3.8) is 0 Å². The van der Waals surface area contributed by atoms with Crippen LogP contribution < -0.4 is 5.32 Å². The molecule has 0 spiro atoms. The summed E-state index contributed by atoms with van der Waals surface area (Å²) in [4.78, 5) is 12.0. The summed E-state index contributed by atoms with van der Waals surface area (Å²) in [5.74, 6) is -0.576. The SMILES string of the molecule is CCO[C@H](CNC(=O)Cc1ccccc1F)c1ccccc1. The van der Waals surface area contributed by atoms with E-state index in [1.807, 2.05) is 37.3 Å². The summed E-state index contributed by atoms with van der Waals surface area (Å²) in [5, 5.41) is 2.81. The van der Waals surface area contributed by atoms with E-state index in [9.17, 15) is 9.18 Å². The van der Waals surface area contributed by atoms with E-state index in [1.165, 1.54) is 6.07 Å². The summed E-state index contributed by atoms with van der Waals surface area (Å²) < 4.78 is 19.2. The molecular formula is C18H20FNO2. The second kappa shape index (κ2) is 8.29. The van der Waals surface area contributed by atoms with Gasteiger partial charge in [0.1, 0.15) is 5.82 Å². The third kappa shape index (κ3) is 4.67. The van der Waals surface area contributed by atoms with Crippen LogP contribution in [0, 0.1) is 5.82 Å². The average Bonchev–Trinajstić information content (AvgIpc) is 2.54. The fraction of sp³-hybridized carbons (Fsp3) is 0.278. The topological polar surface area (TPSA) is 38.3 Å². The molecule has 4 heteroatoms. The molecule has 0 radical (unpaired) electrons. The van der Waals surface area contributed by atoms with Crippen LogP contribution in [-0.2, 0) is 16.0 Å². The van der Waals surface area contributed by atoms with E-state index in [1.54, 1.807) is 18.2 Å². The van der Waals surface area contributed by atoms with Gasteiger partial charge in [0, 0.05) is 13.2 Å². The van der Waals surface area contributed by atoms with Gasteiger partial charge in [-0.25, -0.2) is 4.39 Å². The van der Waals surface area contributed by atoms with Crippen LogP contribution in [0.15, 0.2) is 54.6 Å². The summed E-state index contributed by atoms with van der Waals surface area (Å²) in [7, 11) is 0. The second-order valence-corrected chi connectivity index (χ2v) is 4.93. The van der Waals surface area contributed by atoms with E-state index in [2.05, 4.69) is 5.32 Å². The molecule has 0 saturated carbocycles. The van der Waals surface area contributed by atoms with Crippen molar-refractivity contribution < 1.29 is 13.9 Å². The number of benzene rings is 2. The lowest BCUT2D eigenvalue weighted by Crippen LogP contribution is -2.31. The molecule has 1 amide bonds. The summed E-state index contributed by atoms with van der Waals surface area (Å²) in [6.45, 7) is 2.84. The van der Waals surface area contributed by atoms with Gasteiger partial charge >= 0.3 is 0 Å². The molecule has 1 N–H and O–H groups in total. The lowest BCUT2D eigenvalue weighted by molar-refractivity contribution is -0.121. The first kappa shape index (κ1) is 16.2. The highest BCUT2D eigenvalue weighted by atomic mass is 19.1. The molecule has 0 fully saturated rings. The molecule has 2 aromatic carbocycles. The van der Waals surface area contributed by atoms with Crippen molar-refractivity contribution >= 4 is 5.91 Å². The number of nitrogens with one attached hydrogen (secondary N) is 1. The van der Waals surface area contributed by atoms with E-state index in [-0.39, 0.29) is 24.2 Å². The summed E-state index contributed by atoms with van der Waals surface area (Å²) in [5.41, 5.74) is 1.41. The Kier molecular flexibility index (Phi) is 6.10. The predicted octanol–water partition coefficient (Wildman–Crippen LogP) is 3.26. The van der Waals surface area contributed by atoms with Crippen LogP contribution in [0.4, 0.5) is 4.39 Å². The van der Waals surface area contributed by atoms with Crippen LogP contribution in [0.3, 0.4) is 0 Å². The maximum absolute atomic E-state index is 13.5. The van der Waals surface area contributed by atoms with Gasteiger partial charge in [-0.3, -0.25) is 4.79 Å². The minimum atomic E-state index is -0.359. The highest BCUT2D eigenvalue weighted by Crippen LogP contribution is 2.16. The minimum absolute atomic E-state index is 0.0281. The second-order valence-electron chi connectivity index (χ2n) is 4.93. The van der Waals surface area contributed by atoms with Gasteiger partial charge in [0.05, 0.1) is 12.5 Å². The van der Waals surface area contributed by atoms with E-state index < -0.39 is 0 Å². The van der Waals surface area contributed by atoms with E-state index >= 15 is 0 Å². The van der Waals surface area contributed by atoms with Crippen LogP contribution in [0.2, 0.25) is 0 Å². The number of hydrogen-bond acceptors (Lipinski definition) is 2. The molecule has 0 unspecified atom stereocenters. The normalized spacial score (nSPS) is 11.9. The van der Waals surface area contributed by atoms with Crippen molar-refractivity contribution in [2.24, 2.45) is 0 Å². The number of ether oxygens (including phenoxy) is 1. The molecule has 2 rings (SSSR count). The molecule has 3 nitrogen and oxygen atoms in total. The maximum Gasteiger partial charge on any atom is 0.224 e. The van der Waals surface area contributed by atoms with E-state index in [0.29, 0.717) is 18.7 Å². The van der Waals surface area contributed by atoms with Crippen molar-refractivity contribution in [3.05, 3.63) is 71.5 Å².